The molecule has 0 radical (unpaired) electrons. The highest BCUT2D eigenvalue weighted by Crippen LogP contribution is 2.30. The van der Waals surface area contributed by atoms with Gasteiger partial charge < -0.3 is 9.73 Å². The third-order valence-electron chi connectivity index (χ3n) is 6.80. The lowest BCUT2D eigenvalue weighted by atomic mass is 9.90. The standard InChI is InChI=1S/C33H29N3O/c1-3-12-26(13-4-1)31-34-32(27-14-5-2-6-15-27)36-33(35-31)29-19-10-18-28(23-29)24-11-7-8-20-30-25(17-9-16-24)21-22-37-30/h1,3-5,7-18,20-23,29,33H,2,6,19H2,(H,34,35,36). The van der Waals surface area contributed by atoms with Crippen molar-refractivity contribution in [3.05, 3.63) is 138 Å². The average Bonchev–Trinajstić information content (AvgIpc) is 3.43. The molecule has 3 aliphatic rings. The van der Waals surface area contributed by atoms with E-state index in [0.29, 0.717) is 0 Å². The first-order chi connectivity index (χ1) is 18.3. The van der Waals surface area contributed by atoms with Crippen molar-refractivity contribution in [1.82, 2.24) is 5.32 Å². The number of hydrogen-bond acceptors (Lipinski definition) is 4. The average molecular weight is 484 g/mol. The highest BCUT2D eigenvalue weighted by molar-refractivity contribution is 6.16. The number of allylic oxidation sites excluding steroid dienone is 5. The summed E-state index contributed by atoms with van der Waals surface area (Å²) in [6.07, 6.45) is 18.0. The quantitative estimate of drug-likeness (QED) is 0.416. The Morgan fingerprint density at radius 2 is 1.49 bits per heavy atom. The number of furan rings is 1. The van der Waals surface area contributed by atoms with Gasteiger partial charge in [0.1, 0.15) is 17.3 Å². The number of aliphatic imine (C=N–C) groups is 2. The van der Waals surface area contributed by atoms with Crippen molar-refractivity contribution < 1.29 is 4.42 Å². The number of amidine groups is 2. The highest BCUT2D eigenvalue weighted by Gasteiger charge is 2.26. The Morgan fingerprint density at radius 3 is 2.38 bits per heavy atom. The maximum atomic E-state index is 5.55. The van der Waals surface area contributed by atoms with Crippen LogP contribution in [0.5, 0.6) is 0 Å². The molecule has 3 aromatic rings. The van der Waals surface area contributed by atoms with E-state index >= 15 is 0 Å². The molecule has 6 rings (SSSR count). The SMILES string of the molecule is C1=CC(C2=NC(C3C=C(c4ccccc5occc5ccc4)C=CC3)N=C(c3ccccc3)N2)=CCC1. The van der Waals surface area contributed by atoms with Gasteiger partial charge in [0.25, 0.3) is 0 Å². The summed E-state index contributed by atoms with van der Waals surface area (Å²) in [5, 5.41) is 4.58. The fourth-order valence-corrected chi connectivity index (χ4v) is 4.86. The van der Waals surface area contributed by atoms with Crippen LogP contribution >= 0.6 is 0 Å². The Bertz CT molecular complexity index is 1530. The fourth-order valence-electron chi connectivity index (χ4n) is 4.86. The van der Waals surface area contributed by atoms with Crippen LogP contribution in [0.15, 0.2) is 142 Å². The van der Waals surface area contributed by atoms with Gasteiger partial charge in [0.2, 0.25) is 0 Å². The molecule has 2 aliphatic carbocycles. The van der Waals surface area contributed by atoms with Crippen molar-refractivity contribution in [2.24, 2.45) is 15.9 Å². The number of nitrogens with zero attached hydrogens (tertiary/aromatic N) is 2. The molecule has 1 aliphatic heterocycles. The Hall–Kier alpha value is -4.44. The summed E-state index contributed by atoms with van der Waals surface area (Å²) in [5.41, 5.74) is 5.41. The molecule has 2 heterocycles. The zero-order chi connectivity index (χ0) is 24.9. The van der Waals surface area contributed by atoms with E-state index in [0.717, 1.165) is 58.6 Å². The van der Waals surface area contributed by atoms with Gasteiger partial charge in [0, 0.05) is 22.4 Å². The number of fused-ring (bicyclic) bond motifs is 1. The molecule has 0 saturated heterocycles. The maximum Gasteiger partial charge on any atom is 0.150 e. The van der Waals surface area contributed by atoms with E-state index in [9.17, 15) is 0 Å². The number of hydrogen-bond donors (Lipinski definition) is 1. The summed E-state index contributed by atoms with van der Waals surface area (Å²) in [6.45, 7) is 0. The summed E-state index contributed by atoms with van der Waals surface area (Å²) < 4.78 is 5.55. The van der Waals surface area contributed by atoms with Gasteiger partial charge in [-0.3, -0.25) is 0 Å². The van der Waals surface area contributed by atoms with Crippen LogP contribution in [0, 0.1) is 5.92 Å². The minimum Gasteiger partial charge on any atom is -0.464 e. The first-order valence-corrected chi connectivity index (χ1v) is 12.9. The Morgan fingerprint density at radius 1 is 0.703 bits per heavy atom. The summed E-state index contributed by atoms with van der Waals surface area (Å²) in [5.74, 6) is 1.94. The van der Waals surface area contributed by atoms with Crippen molar-refractivity contribution in [2.45, 2.75) is 25.4 Å². The van der Waals surface area contributed by atoms with Crippen LogP contribution in [0.3, 0.4) is 0 Å². The maximum absolute atomic E-state index is 5.55. The second-order valence-electron chi connectivity index (χ2n) is 9.36. The molecule has 0 amide bonds. The van der Waals surface area contributed by atoms with Crippen LogP contribution < -0.4 is 5.32 Å². The Labute approximate surface area is 217 Å². The fraction of sp³-hybridized carbons (Fsp3) is 0.152. The van der Waals surface area contributed by atoms with Gasteiger partial charge in [-0.1, -0.05) is 103 Å². The molecular weight excluding hydrogens is 454 g/mol. The first-order valence-electron chi connectivity index (χ1n) is 12.9. The van der Waals surface area contributed by atoms with Gasteiger partial charge in [0.15, 0.2) is 6.17 Å². The zero-order valence-corrected chi connectivity index (χ0v) is 20.6. The van der Waals surface area contributed by atoms with Gasteiger partial charge in [-0.2, -0.15) is 0 Å². The molecule has 2 aromatic carbocycles. The molecule has 4 heteroatoms. The second kappa shape index (κ2) is 10.7. The van der Waals surface area contributed by atoms with Crippen molar-refractivity contribution in [1.29, 1.82) is 0 Å². The molecule has 182 valence electrons. The topological polar surface area (TPSA) is 49.9 Å². The Kier molecular flexibility index (Phi) is 6.63. The summed E-state index contributed by atoms with van der Waals surface area (Å²) in [7, 11) is 0. The van der Waals surface area contributed by atoms with E-state index in [-0.39, 0.29) is 12.1 Å². The van der Waals surface area contributed by atoms with Crippen molar-refractivity contribution in [2.75, 3.05) is 0 Å². The van der Waals surface area contributed by atoms with E-state index in [1.807, 2.05) is 36.4 Å². The second-order valence-corrected chi connectivity index (χ2v) is 9.36. The molecule has 0 fully saturated rings. The minimum atomic E-state index is -0.198. The lowest BCUT2D eigenvalue weighted by Crippen LogP contribution is -2.39. The summed E-state index contributed by atoms with van der Waals surface area (Å²) in [4.78, 5) is 10.2. The molecule has 0 spiro atoms. The first kappa shape index (κ1) is 23.0. The van der Waals surface area contributed by atoms with Crippen LogP contribution in [-0.4, -0.2) is 17.8 Å². The summed E-state index contributed by atoms with van der Waals surface area (Å²) >= 11 is 0. The molecule has 37 heavy (non-hydrogen) atoms. The largest absolute Gasteiger partial charge is 0.464 e. The van der Waals surface area contributed by atoms with Crippen molar-refractivity contribution >= 4 is 28.2 Å². The van der Waals surface area contributed by atoms with Gasteiger partial charge >= 0.3 is 0 Å². The van der Waals surface area contributed by atoms with E-state index in [4.69, 9.17) is 14.4 Å². The molecule has 2 atom stereocenters. The molecular formula is C33H29N3O. The van der Waals surface area contributed by atoms with Crippen molar-refractivity contribution in [3.63, 3.8) is 0 Å². The highest BCUT2D eigenvalue weighted by atomic mass is 16.3. The van der Waals surface area contributed by atoms with Gasteiger partial charge in [-0.25, -0.2) is 9.98 Å². The third-order valence-corrected chi connectivity index (χ3v) is 6.80. The molecule has 0 saturated carbocycles. The zero-order valence-electron chi connectivity index (χ0n) is 20.6. The van der Waals surface area contributed by atoms with Crippen LogP contribution in [0.25, 0.3) is 16.5 Å². The monoisotopic (exact) mass is 483 g/mol. The van der Waals surface area contributed by atoms with Gasteiger partial charge in [-0.15, -0.1) is 0 Å². The third kappa shape index (κ3) is 5.24. The molecule has 0 bridgehead atoms. The minimum absolute atomic E-state index is 0.161. The predicted molar refractivity (Wildman–Crippen MR) is 153 cm³/mol. The molecule has 1 aromatic heterocycles. The van der Waals surface area contributed by atoms with E-state index < -0.39 is 0 Å². The molecule has 4 nitrogen and oxygen atoms in total. The smallest absolute Gasteiger partial charge is 0.150 e. The number of rotatable bonds is 4. The Balaban J connectivity index is 1.37. The van der Waals surface area contributed by atoms with E-state index in [1.165, 1.54) is 5.57 Å². The molecule has 2 unspecified atom stereocenters. The predicted octanol–water partition coefficient (Wildman–Crippen LogP) is 7.57. The van der Waals surface area contributed by atoms with E-state index in [1.54, 1.807) is 6.26 Å². The van der Waals surface area contributed by atoms with Gasteiger partial charge in [-0.05, 0) is 42.5 Å². The number of nitrogens with one attached hydrogen (secondary N) is 1. The van der Waals surface area contributed by atoms with Crippen molar-refractivity contribution in [3.8, 4) is 0 Å². The normalized spacial score (nSPS) is 20.8. The lowest BCUT2D eigenvalue weighted by molar-refractivity contribution is 0.518. The van der Waals surface area contributed by atoms with Crippen LogP contribution in [-0.2, 0) is 0 Å². The van der Waals surface area contributed by atoms with Crippen LogP contribution in [0.1, 0.15) is 30.4 Å². The van der Waals surface area contributed by atoms with Crippen LogP contribution in [0.4, 0.5) is 0 Å². The summed E-state index contributed by atoms with van der Waals surface area (Å²) in [6, 6.07) is 26.8. The lowest BCUT2D eigenvalue weighted by Gasteiger charge is -2.28. The van der Waals surface area contributed by atoms with Gasteiger partial charge in [0.05, 0.1) is 6.26 Å². The number of benzene rings is 1. The van der Waals surface area contributed by atoms with Crippen LogP contribution in [0.2, 0.25) is 0 Å². The van der Waals surface area contributed by atoms with E-state index in [2.05, 4.69) is 84.2 Å². The molecule has 1 N–H and O–H groups in total.